The number of thioether (sulfide) groups is 1. The molecular weight excluding hydrogens is 354 g/mol. The molecule has 0 saturated heterocycles. The van der Waals surface area contributed by atoms with E-state index in [1.165, 1.54) is 18.9 Å². The van der Waals surface area contributed by atoms with Gasteiger partial charge >= 0.3 is 5.97 Å². The number of nitrogens with zero attached hydrogens (tertiary/aromatic N) is 4. The number of esters is 1. The Labute approximate surface area is 156 Å². The van der Waals surface area contributed by atoms with Gasteiger partial charge in [-0.3, -0.25) is 9.78 Å². The molecule has 0 saturated carbocycles. The van der Waals surface area contributed by atoms with Gasteiger partial charge in [0.05, 0.1) is 12.9 Å². The Bertz CT molecular complexity index is 750. The van der Waals surface area contributed by atoms with Crippen molar-refractivity contribution < 1.29 is 14.3 Å². The highest BCUT2D eigenvalue weighted by atomic mass is 32.2. The molecule has 0 bridgehead atoms. The smallest absolute Gasteiger partial charge is 0.328 e. The van der Waals surface area contributed by atoms with Crippen LogP contribution in [-0.2, 0) is 21.4 Å². The van der Waals surface area contributed by atoms with Crippen LogP contribution in [-0.4, -0.2) is 50.5 Å². The van der Waals surface area contributed by atoms with E-state index in [2.05, 4.69) is 20.5 Å². The van der Waals surface area contributed by atoms with Crippen LogP contribution in [0.4, 0.5) is 0 Å². The second-order valence-corrected chi connectivity index (χ2v) is 6.79. The highest BCUT2D eigenvalue weighted by Crippen LogP contribution is 2.22. The Kier molecular flexibility index (Phi) is 7.14. The molecule has 2 aromatic rings. The van der Waals surface area contributed by atoms with Crippen molar-refractivity contribution in [3.05, 3.63) is 24.5 Å². The Hall–Kier alpha value is -2.42. The van der Waals surface area contributed by atoms with Crippen LogP contribution in [0.15, 0.2) is 29.7 Å². The van der Waals surface area contributed by atoms with Crippen LogP contribution in [0.3, 0.4) is 0 Å². The van der Waals surface area contributed by atoms with Crippen molar-refractivity contribution in [1.82, 2.24) is 25.1 Å². The topological polar surface area (TPSA) is 99.0 Å². The number of amides is 1. The summed E-state index contributed by atoms with van der Waals surface area (Å²) >= 11 is 1.26. The summed E-state index contributed by atoms with van der Waals surface area (Å²) < 4.78 is 6.60. The van der Waals surface area contributed by atoms with Crippen LogP contribution in [0.2, 0.25) is 0 Å². The molecule has 0 fully saturated rings. The van der Waals surface area contributed by atoms with Crippen LogP contribution in [0.5, 0.6) is 0 Å². The van der Waals surface area contributed by atoms with E-state index >= 15 is 0 Å². The third-order valence-corrected chi connectivity index (χ3v) is 5.11. The number of pyridine rings is 1. The number of methoxy groups -OCH3 is 1. The summed E-state index contributed by atoms with van der Waals surface area (Å²) in [7, 11) is 3.16. The summed E-state index contributed by atoms with van der Waals surface area (Å²) in [6, 6.07) is 3.04. The zero-order valence-corrected chi connectivity index (χ0v) is 16.1. The van der Waals surface area contributed by atoms with Crippen molar-refractivity contribution in [2.75, 3.05) is 12.9 Å². The van der Waals surface area contributed by atoms with Crippen LogP contribution >= 0.6 is 11.8 Å². The number of ether oxygens (including phenoxy) is 1. The van der Waals surface area contributed by atoms with Crippen molar-refractivity contribution in [2.24, 2.45) is 13.0 Å². The monoisotopic (exact) mass is 377 g/mol. The number of aromatic nitrogens is 4. The maximum atomic E-state index is 12.3. The molecule has 9 heteroatoms. The van der Waals surface area contributed by atoms with Gasteiger partial charge in [-0.05, 0) is 18.1 Å². The maximum Gasteiger partial charge on any atom is 0.328 e. The lowest BCUT2D eigenvalue weighted by Crippen LogP contribution is -2.46. The first-order chi connectivity index (χ1) is 12.5. The zero-order valence-electron chi connectivity index (χ0n) is 15.3. The molecule has 0 aliphatic carbocycles. The number of nitrogens with one attached hydrogen (secondary N) is 1. The van der Waals surface area contributed by atoms with E-state index in [1.54, 1.807) is 12.4 Å². The molecule has 0 radical (unpaired) electrons. The van der Waals surface area contributed by atoms with Gasteiger partial charge < -0.3 is 14.6 Å². The largest absolute Gasteiger partial charge is 0.467 e. The fraction of sp³-hybridized carbons (Fsp3) is 0.471. The second kappa shape index (κ2) is 9.33. The molecule has 0 aromatic carbocycles. The predicted octanol–water partition coefficient (Wildman–Crippen LogP) is 1.67. The second-order valence-electron chi connectivity index (χ2n) is 5.84. The van der Waals surface area contributed by atoms with Crippen molar-refractivity contribution in [3.63, 3.8) is 0 Å². The number of hydrogen-bond acceptors (Lipinski definition) is 7. The molecule has 2 aromatic heterocycles. The summed E-state index contributed by atoms with van der Waals surface area (Å²) in [5.74, 6) is 0.133. The molecule has 2 atom stereocenters. The minimum Gasteiger partial charge on any atom is -0.467 e. The molecule has 0 spiro atoms. The minimum absolute atomic E-state index is 0.00970. The fourth-order valence-electron chi connectivity index (χ4n) is 2.33. The number of carbonyl (C=O) groups is 2. The molecule has 2 rings (SSSR count). The lowest BCUT2D eigenvalue weighted by molar-refractivity contribution is -0.146. The van der Waals surface area contributed by atoms with Crippen molar-refractivity contribution in [2.45, 2.75) is 31.5 Å². The molecule has 1 N–H and O–H groups in total. The lowest BCUT2D eigenvalue weighted by atomic mass is 9.99. The standard InChI is InChI=1S/C17H23N5O3S/c1-5-11(2)14(16(24)25-4)19-13(23)10-26-17-21-20-15(22(17)3)12-6-8-18-9-7-12/h6-9,11,14H,5,10H2,1-4H3,(H,19,23)/t11-,14-/m0/s1. The summed E-state index contributed by atoms with van der Waals surface area (Å²) in [5.41, 5.74) is 0.897. The summed E-state index contributed by atoms with van der Waals surface area (Å²) in [4.78, 5) is 28.1. The van der Waals surface area contributed by atoms with Gasteiger partial charge in [-0.15, -0.1) is 10.2 Å². The summed E-state index contributed by atoms with van der Waals surface area (Å²) in [5, 5.41) is 11.7. The fourth-order valence-corrected chi connectivity index (χ4v) is 3.06. The van der Waals surface area contributed by atoms with Gasteiger partial charge in [-0.2, -0.15) is 0 Å². The molecule has 26 heavy (non-hydrogen) atoms. The molecule has 2 heterocycles. The van der Waals surface area contributed by atoms with Crippen molar-refractivity contribution in [1.29, 1.82) is 0 Å². The van der Waals surface area contributed by atoms with Crippen LogP contribution in [0, 0.1) is 5.92 Å². The van der Waals surface area contributed by atoms with Gasteiger partial charge in [-0.25, -0.2) is 4.79 Å². The van der Waals surface area contributed by atoms with Gasteiger partial charge in [0.25, 0.3) is 0 Å². The SMILES string of the molecule is CC[C@H](C)[C@H](NC(=O)CSc1nnc(-c2ccncc2)n1C)C(=O)OC. The van der Waals surface area contributed by atoms with Crippen LogP contribution < -0.4 is 5.32 Å². The molecule has 8 nitrogen and oxygen atoms in total. The average Bonchev–Trinajstić information content (AvgIpc) is 3.04. The highest BCUT2D eigenvalue weighted by molar-refractivity contribution is 7.99. The van der Waals surface area contributed by atoms with Gasteiger partial charge in [0.1, 0.15) is 6.04 Å². The molecule has 0 unspecified atom stereocenters. The molecule has 0 aliphatic rings. The zero-order chi connectivity index (χ0) is 19.1. The number of carbonyl (C=O) groups excluding carboxylic acids is 2. The van der Waals surface area contributed by atoms with E-state index in [0.29, 0.717) is 11.0 Å². The number of hydrogen-bond donors (Lipinski definition) is 1. The third-order valence-electron chi connectivity index (χ3n) is 4.09. The maximum absolute atomic E-state index is 12.3. The third kappa shape index (κ3) is 4.81. The molecule has 0 aliphatic heterocycles. The Morgan fingerprint density at radius 2 is 2.00 bits per heavy atom. The van der Waals surface area contributed by atoms with E-state index in [-0.39, 0.29) is 17.6 Å². The Morgan fingerprint density at radius 1 is 1.31 bits per heavy atom. The predicted molar refractivity (Wildman–Crippen MR) is 98.4 cm³/mol. The van der Waals surface area contributed by atoms with Gasteiger partial charge in [-0.1, -0.05) is 32.0 Å². The summed E-state index contributed by atoms with van der Waals surface area (Å²) in [6.45, 7) is 3.86. The highest BCUT2D eigenvalue weighted by Gasteiger charge is 2.26. The van der Waals surface area contributed by atoms with E-state index in [9.17, 15) is 9.59 Å². The van der Waals surface area contributed by atoms with E-state index < -0.39 is 12.0 Å². The molecule has 1 amide bonds. The lowest BCUT2D eigenvalue weighted by Gasteiger charge is -2.21. The van der Waals surface area contributed by atoms with E-state index in [1.807, 2.05) is 37.6 Å². The normalized spacial score (nSPS) is 13.1. The van der Waals surface area contributed by atoms with E-state index in [4.69, 9.17) is 4.74 Å². The first-order valence-corrected chi connectivity index (χ1v) is 9.26. The number of rotatable bonds is 8. The summed E-state index contributed by atoms with van der Waals surface area (Å²) in [6.07, 6.45) is 4.13. The first kappa shape index (κ1) is 19.9. The average molecular weight is 377 g/mol. The van der Waals surface area contributed by atoms with Crippen LogP contribution in [0.25, 0.3) is 11.4 Å². The van der Waals surface area contributed by atoms with Crippen molar-refractivity contribution in [3.8, 4) is 11.4 Å². The van der Waals surface area contributed by atoms with Gasteiger partial charge in [0, 0.05) is 25.0 Å². The quantitative estimate of drug-likeness (QED) is 0.552. The minimum atomic E-state index is -0.648. The van der Waals surface area contributed by atoms with Crippen molar-refractivity contribution >= 4 is 23.6 Å². The van der Waals surface area contributed by atoms with Gasteiger partial charge in [0.2, 0.25) is 5.91 Å². The van der Waals surface area contributed by atoms with Gasteiger partial charge in [0.15, 0.2) is 11.0 Å². The Morgan fingerprint density at radius 3 is 2.62 bits per heavy atom. The molecular formula is C17H23N5O3S. The first-order valence-electron chi connectivity index (χ1n) is 8.27. The van der Waals surface area contributed by atoms with E-state index in [0.717, 1.165) is 12.0 Å². The Balaban J connectivity index is 1.99. The van der Waals surface area contributed by atoms with Crippen LogP contribution in [0.1, 0.15) is 20.3 Å². The molecule has 140 valence electrons.